The molecule has 0 radical (unpaired) electrons. The molecule has 24 heavy (non-hydrogen) atoms. The molecule has 1 aromatic rings. The van der Waals surface area contributed by atoms with Crippen LogP contribution in [0.3, 0.4) is 0 Å². The smallest absolute Gasteiger partial charge is 0.380 e. The molecular formula is C15H20F2N2O5. The van der Waals surface area contributed by atoms with E-state index in [9.17, 15) is 23.5 Å². The number of carbonyl (C=O) groups is 2. The van der Waals surface area contributed by atoms with Crippen molar-refractivity contribution in [1.29, 1.82) is 0 Å². The Balaban J connectivity index is 2.08. The van der Waals surface area contributed by atoms with Crippen molar-refractivity contribution in [1.82, 2.24) is 9.88 Å². The molecule has 1 amide bonds. The lowest BCUT2D eigenvalue weighted by Gasteiger charge is -2.40. The number of carbonyl (C=O) groups excluding carboxylic acids is 2. The molecule has 0 spiro atoms. The molecule has 2 heterocycles. The molecule has 134 valence electrons. The lowest BCUT2D eigenvalue weighted by atomic mass is 9.85. The van der Waals surface area contributed by atoms with Crippen molar-refractivity contribution in [2.45, 2.75) is 45.1 Å². The molecule has 1 saturated heterocycles. The first kappa shape index (κ1) is 18.3. The van der Waals surface area contributed by atoms with Gasteiger partial charge in [0, 0.05) is 32.9 Å². The first-order valence-electron chi connectivity index (χ1n) is 7.63. The number of aryl methyl sites for hydroxylation is 2. The number of alkyl halides is 2. The molecule has 2 rings (SSSR count). The van der Waals surface area contributed by atoms with Crippen LogP contribution in [0.1, 0.15) is 41.9 Å². The number of ether oxygens (including phenoxy) is 1. The topological polar surface area (TPSA) is 92.9 Å². The maximum atomic E-state index is 14.1. The van der Waals surface area contributed by atoms with Gasteiger partial charge in [-0.1, -0.05) is 0 Å². The molecule has 1 aliphatic rings. The van der Waals surface area contributed by atoms with E-state index < -0.39 is 36.2 Å². The second-order valence-corrected chi connectivity index (χ2v) is 5.76. The Morgan fingerprint density at radius 1 is 1.38 bits per heavy atom. The molecule has 0 atom stereocenters. The second kappa shape index (κ2) is 6.46. The molecule has 1 fully saturated rings. The van der Waals surface area contributed by atoms with Gasteiger partial charge in [0.2, 0.25) is 0 Å². The van der Waals surface area contributed by atoms with Crippen molar-refractivity contribution in [3.63, 3.8) is 0 Å². The zero-order chi connectivity index (χ0) is 18.1. The molecule has 0 saturated carbocycles. The van der Waals surface area contributed by atoms with E-state index in [4.69, 9.17) is 4.42 Å². The number of amides is 1. The summed E-state index contributed by atoms with van der Waals surface area (Å²) in [7, 11) is 0. The number of oxazole rings is 1. The Morgan fingerprint density at radius 2 is 1.96 bits per heavy atom. The monoisotopic (exact) mass is 346 g/mol. The summed E-state index contributed by atoms with van der Waals surface area (Å²) in [6.07, 6.45) is -0.888. The third kappa shape index (κ3) is 3.12. The van der Waals surface area contributed by atoms with Crippen LogP contribution in [0.4, 0.5) is 8.78 Å². The van der Waals surface area contributed by atoms with Crippen molar-refractivity contribution >= 4 is 11.9 Å². The van der Waals surface area contributed by atoms with E-state index in [2.05, 4.69) is 9.72 Å². The number of aliphatic hydroxyl groups is 1. The van der Waals surface area contributed by atoms with E-state index in [1.807, 2.05) is 0 Å². The van der Waals surface area contributed by atoms with Crippen LogP contribution in [0, 0.1) is 13.8 Å². The average molecular weight is 346 g/mol. The summed E-state index contributed by atoms with van der Waals surface area (Å²) >= 11 is 0. The van der Waals surface area contributed by atoms with Gasteiger partial charge in [0.25, 0.3) is 5.91 Å². The van der Waals surface area contributed by atoms with Gasteiger partial charge < -0.3 is 19.2 Å². The van der Waals surface area contributed by atoms with Gasteiger partial charge in [0.05, 0.1) is 6.61 Å². The number of piperidine rings is 1. The molecule has 7 nitrogen and oxygen atoms in total. The fourth-order valence-corrected chi connectivity index (χ4v) is 2.68. The Hall–Kier alpha value is -2.03. The molecule has 0 bridgehead atoms. The zero-order valence-electron chi connectivity index (χ0n) is 13.8. The minimum Gasteiger partial charge on any atom is -0.461 e. The summed E-state index contributed by atoms with van der Waals surface area (Å²) < 4.78 is 37.8. The Morgan fingerprint density at radius 3 is 2.42 bits per heavy atom. The highest BCUT2D eigenvalue weighted by molar-refractivity contribution is 5.93. The van der Waals surface area contributed by atoms with Crippen molar-refractivity contribution in [3.05, 3.63) is 17.3 Å². The van der Waals surface area contributed by atoms with Gasteiger partial charge in [-0.05, 0) is 13.8 Å². The Labute approximate surface area is 137 Å². The highest BCUT2D eigenvalue weighted by Crippen LogP contribution is 2.38. The Bertz CT molecular complexity index is 636. The third-order valence-electron chi connectivity index (χ3n) is 4.10. The number of rotatable bonds is 4. The van der Waals surface area contributed by atoms with Crippen molar-refractivity contribution in [2.24, 2.45) is 0 Å². The molecule has 1 aromatic heterocycles. The predicted octanol–water partition coefficient (Wildman–Crippen LogP) is 1.46. The van der Waals surface area contributed by atoms with Gasteiger partial charge in [-0.15, -0.1) is 0 Å². The van der Waals surface area contributed by atoms with Gasteiger partial charge in [-0.3, -0.25) is 4.79 Å². The van der Waals surface area contributed by atoms with Crippen LogP contribution >= 0.6 is 0 Å². The van der Waals surface area contributed by atoms with Crippen LogP contribution in [-0.2, 0) is 9.53 Å². The molecule has 0 unspecified atom stereocenters. The first-order valence-corrected chi connectivity index (χ1v) is 7.63. The minimum absolute atomic E-state index is 0.120. The lowest BCUT2D eigenvalue weighted by molar-refractivity contribution is -0.221. The first-order chi connectivity index (χ1) is 11.1. The minimum atomic E-state index is -4.03. The molecule has 0 aliphatic carbocycles. The summed E-state index contributed by atoms with van der Waals surface area (Å²) in [5, 5.41) is 10.2. The average Bonchev–Trinajstić information content (AvgIpc) is 2.86. The van der Waals surface area contributed by atoms with Crippen LogP contribution in [0.25, 0.3) is 0 Å². The van der Waals surface area contributed by atoms with E-state index in [0.717, 1.165) is 0 Å². The van der Waals surface area contributed by atoms with E-state index in [1.54, 1.807) is 13.8 Å². The molecule has 1 aliphatic heterocycles. The predicted molar refractivity (Wildman–Crippen MR) is 77.6 cm³/mol. The molecule has 1 N–H and O–H groups in total. The maximum absolute atomic E-state index is 14.1. The van der Waals surface area contributed by atoms with Crippen molar-refractivity contribution in [2.75, 3.05) is 19.7 Å². The summed E-state index contributed by atoms with van der Waals surface area (Å²) in [6, 6.07) is 0. The van der Waals surface area contributed by atoms with E-state index >= 15 is 0 Å². The van der Waals surface area contributed by atoms with Gasteiger partial charge in [-0.25, -0.2) is 9.78 Å². The van der Waals surface area contributed by atoms with Crippen LogP contribution < -0.4 is 0 Å². The summed E-state index contributed by atoms with van der Waals surface area (Å²) in [6.45, 7) is 4.12. The quantitative estimate of drug-likeness (QED) is 0.830. The van der Waals surface area contributed by atoms with Gasteiger partial charge in [0.1, 0.15) is 11.4 Å². The molecular weight excluding hydrogens is 326 g/mol. The number of halogens is 2. The number of aromatic nitrogens is 1. The normalized spacial score (nSPS) is 17.7. The zero-order valence-corrected chi connectivity index (χ0v) is 13.8. The maximum Gasteiger partial charge on any atom is 0.380 e. The standard InChI is InChI=1S/C15H20F2N2O5/c1-4-23-13(21)15(16,17)14(22)5-7-19(8-6-14)12(20)11-9(2)24-10(3)18-11/h22H,4-8H2,1-3H3. The van der Waals surface area contributed by atoms with E-state index in [-0.39, 0.29) is 25.4 Å². The van der Waals surface area contributed by atoms with Gasteiger partial charge >= 0.3 is 11.9 Å². The fraction of sp³-hybridized carbons (Fsp3) is 0.667. The number of likely N-dealkylation sites (tertiary alicyclic amines) is 1. The SMILES string of the molecule is CCOC(=O)C(F)(F)C1(O)CCN(C(=O)c2nc(C)oc2C)CC1. The molecule has 9 heteroatoms. The van der Waals surface area contributed by atoms with Gasteiger partial charge in [-0.2, -0.15) is 8.78 Å². The summed E-state index contributed by atoms with van der Waals surface area (Å²) in [4.78, 5) is 29.1. The number of esters is 1. The lowest BCUT2D eigenvalue weighted by Crippen LogP contribution is -2.59. The van der Waals surface area contributed by atoms with Crippen molar-refractivity contribution in [3.8, 4) is 0 Å². The number of hydrogen-bond donors (Lipinski definition) is 1. The van der Waals surface area contributed by atoms with Crippen LogP contribution in [0.15, 0.2) is 4.42 Å². The second-order valence-electron chi connectivity index (χ2n) is 5.76. The van der Waals surface area contributed by atoms with Crippen molar-refractivity contribution < 1.29 is 32.6 Å². The number of nitrogens with zero attached hydrogens (tertiary/aromatic N) is 2. The summed E-state index contributed by atoms with van der Waals surface area (Å²) in [5.41, 5.74) is -2.42. The van der Waals surface area contributed by atoms with Crippen LogP contribution in [-0.4, -0.2) is 58.1 Å². The Kier molecular flexibility index (Phi) is 4.93. The fourth-order valence-electron chi connectivity index (χ4n) is 2.68. The molecule has 0 aromatic carbocycles. The van der Waals surface area contributed by atoms with Crippen LogP contribution in [0.5, 0.6) is 0 Å². The third-order valence-corrected chi connectivity index (χ3v) is 4.10. The number of hydrogen-bond acceptors (Lipinski definition) is 6. The van der Waals surface area contributed by atoms with E-state index in [1.165, 1.54) is 11.8 Å². The highest BCUT2D eigenvalue weighted by atomic mass is 19.3. The highest BCUT2D eigenvalue weighted by Gasteiger charge is 2.60. The largest absolute Gasteiger partial charge is 0.461 e. The van der Waals surface area contributed by atoms with Gasteiger partial charge in [0.15, 0.2) is 11.6 Å². The van der Waals surface area contributed by atoms with Crippen LogP contribution in [0.2, 0.25) is 0 Å². The summed E-state index contributed by atoms with van der Waals surface area (Å²) in [5.74, 6) is -5.56. The van der Waals surface area contributed by atoms with E-state index in [0.29, 0.717) is 11.7 Å².